The Morgan fingerprint density at radius 1 is 1.05 bits per heavy atom. The number of nitrogens with zero attached hydrogens (tertiary/aromatic N) is 4. The standard InChI is InChI=1S/C15H10ClN5/c16-10-6-7-12-13(8-10)19-15(18-12)14-9-17-21(20-14)11-4-2-1-3-5-11/h1-9H,(H,18,19). The first-order valence-electron chi connectivity index (χ1n) is 6.43. The summed E-state index contributed by atoms with van der Waals surface area (Å²) in [5, 5.41) is 9.39. The fourth-order valence-corrected chi connectivity index (χ4v) is 2.33. The van der Waals surface area contributed by atoms with Gasteiger partial charge >= 0.3 is 0 Å². The van der Waals surface area contributed by atoms with Crippen LogP contribution in [0, 0.1) is 0 Å². The number of aromatic nitrogens is 5. The summed E-state index contributed by atoms with van der Waals surface area (Å²) in [6.45, 7) is 0. The molecule has 0 bridgehead atoms. The first-order valence-corrected chi connectivity index (χ1v) is 6.81. The van der Waals surface area contributed by atoms with Crippen LogP contribution in [0.25, 0.3) is 28.2 Å². The van der Waals surface area contributed by atoms with Crippen LogP contribution in [0.5, 0.6) is 0 Å². The minimum atomic E-state index is 0.672. The summed E-state index contributed by atoms with van der Waals surface area (Å²) in [4.78, 5) is 9.29. The van der Waals surface area contributed by atoms with Crippen molar-refractivity contribution in [1.29, 1.82) is 0 Å². The van der Waals surface area contributed by atoms with E-state index >= 15 is 0 Å². The van der Waals surface area contributed by atoms with Gasteiger partial charge in [-0.3, -0.25) is 0 Å². The van der Waals surface area contributed by atoms with Crippen LogP contribution < -0.4 is 0 Å². The highest BCUT2D eigenvalue weighted by molar-refractivity contribution is 6.31. The van der Waals surface area contributed by atoms with Crippen LogP contribution in [0.2, 0.25) is 5.02 Å². The first kappa shape index (κ1) is 12.1. The molecule has 0 aliphatic carbocycles. The van der Waals surface area contributed by atoms with Crippen LogP contribution in [0.15, 0.2) is 54.7 Å². The van der Waals surface area contributed by atoms with Gasteiger partial charge < -0.3 is 4.98 Å². The number of benzene rings is 2. The van der Waals surface area contributed by atoms with Gasteiger partial charge in [0.25, 0.3) is 0 Å². The van der Waals surface area contributed by atoms with Crippen molar-refractivity contribution < 1.29 is 0 Å². The second-order valence-corrected chi connectivity index (χ2v) is 5.04. The second-order valence-electron chi connectivity index (χ2n) is 4.60. The Kier molecular flexibility index (Phi) is 2.72. The number of aromatic amines is 1. The molecule has 0 aliphatic heterocycles. The summed E-state index contributed by atoms with van der Waals surface area (Å²) >= 11 is 5.98. The van der Waals surface area contributed by atoms with Crippen molar-refractivity contribution in [3.05, 3.63) is 59.8 Å². The molecular weight excluding hydrogens is 286 g/mol. The van der Waals surface area contributed by atoms with E-state index in [0.29, 0.717) is 16.5 Å². The minimum Gasteiger partial charge on any atom is -0.336 e. The molecule has 1 N–H and O–H groups in total. The summed E-state index contributed by atoms with van der Waals surface area (Å²) in [7, 11) is 0. The van der Waals surface area contributed by atoms with E-state index in [2.05, 4.69) is 20.2 Å². The van der Waals surface area contributed by atoms with Crippen LogP contribution in [0.3, 0.4) is 0 Å². The Labute approximate surface area is 125 Å². The molecule has 0 saturated carbocycles. The van der Waals surface area contributed by atoms with Gasteiger partial charge in [-0.15, -0.1) is 5.10 Å². The van der Waals surface area contributed by atoms with Crippen LogP contribution in [0.4, 0.5) is 0 Å². The van der Waals surface area contributed by atoms with Gasteiger partial charge in [0.2, 0.25) is 0 Å². The number of halogens is 1. The second kappa shape index (κ2) is 4.71. The van der Waals surface area contributed by atoms with Crippen LogP contribution in [0.1, 0.15) is 0 Å². The average molecular weight is 296 g/mol. The maximum Gasteiger partial charge on any atom is 0.160 e. The lowest BCUT2D eigenvalue weighted by Crippen LogP contribution is -1.97. The zero-order valence-electron chi connectivity index (χ0n) is 10.9. The summed E-state index contributed by atoms with van der Waals surface area (Å²) in [5.41, 5.74) is 3.32. The minimum absolute atomic E-state index is 0.672. The molecule has 0 unspecified atom stereocenters. The maximum atomic E-state index is 5.98. The van der Waals surface area contributed by atoms with Crippen molar-refractivity contribution in [2.45, 2.75) is 0 Å². The quantitative estimate of drug-likeness (QED) is 0.616. The highest BCUT2D eigenvalue weighted by atomic mass is 35.5. The smallest absolute Gasteiger partial charge is 0.160 e. The molecule has 0 fully saturated rings. The molecule has 0 atom stereocenters. The molecule has 0 amide bonds. The Hall–Kier alpha value is -2.66. The molecule has 5 nitrogen and oxygen atoms in total. The van der Waals surface area contributed by atoms with E-state index in [0.717, 1.165) is 16.7 Å². The number of hydrogen-bond donors (Lipinski definition) is 1. The van der Waals surface area contributed by atoms with Crippen molar-refractivity contribution >= 4 is 22.6 Å². The van der Waals surface area contributed by atoms with E-state index in [4.69, 9.17) is 11.6 Å². The predicted molar refractivity (Wildman–Crippen MR) is 81.5 cm³/mol. The number of imidazole rings is 1. The van der Waals surface area contributed by atoms with Crippen molar-refractivity contribution in [3.63, 3.8) is 0 Å². The number of rotatable bonds is 2. The topological polar surface area (TPSA) is 59.4 Å². The SMILES string of the molecule is Clc1ccc2nc(-c3cnn(-c4ccccc4)n3)[nH]c2c1. The van der Waals surface area contributed by atoms with Crippen molar-refractivity contribution in [2.75, 3.05) is 0 Å². The van der Waals surface area contributed by atoms with Gasteiger partial charge in [0, 0.05) is 5.02 Å². The van der Waals surface area contributed by atoms with E-state index in [1.54, 1.807) is 11.0 Å². The summed E-state index contributed by atoms with van der Waals surface area (Å²) in [5.74, 6) is 0.675. The number of nitrogens with one attached hydrogen (secondary N) is 1. The third-order valence-corrected chi connectivity index (χ3v) is 3.40. The molecular formula is C15H10ClN5. The number of hydrogen-bond acceptors (Lipinski definition) is 3. The Morgan fingerprint density at radius 3 is 2.76 bits per heavy atom. The van der Waals surface area contributed by atoms with Crippen molar-refractivity contribution in [3.8, 4) is 17.2 Å². The molecule has 2 aromatic heterocycles. The van der Waals surface area contributed by atoms with Gasteiger partial charge in [0.15, 0.2) is 5.82 Å². The van der Waals surface area contributed by atoms with Crippen molar-refractivity contribution in [1.82, 2.24) is 25.0 Å². The molecule has 0 saturated heterocycles. The maximum absolute atomic E-state index is 5.98. The van der Waals surface area contributed by atoms with Crippen molar-refractivity contribution in [2.24, 2.45) is 0 Å². The van der Waals surface area contributed by atoms with Gasteiger partial charge in [-0.1, -0.05) is 29.8 Å². The lowest BCUT2D eigenvalue weighted by Gasteiger charge is -1.96. The molecule has 2 aromatic carbocycles. The van der Waals surface area contributed by atoms with Crippen LogP contribution in [-0.2, 0) is 0 Å². The van der Waals surface area contributed by atoms with Crippen LogP contribution in [-0.4, -0.2) is 25.0 Å². The molecule has 6 heteroatoms. The van der Waals surface area contributed by atoms with E-state index in [1.807, 2.05) is 48.5 Å². The molecule has 0 aliphatic rings. The van der Waals surface area contributed by atoms with Gasteiger partial charge in [-0.2, -0.15) is 9.90 Å². The third kappa shape index (κ3) is 2.17. The average Bonchev–Trinajstić information content (AvgIpc) is 3.14. The van der Waals surface area contributed by atoms with Gasteiger partial charge in [0.05, 0.1) is 22.9 Å². The lowest BCUT2D eigenvalue weighted by atomic mass is 10.3. The molecule has 4 aromatic rings. The Morgan fingerprint density at radius 2 is 1.90 bits per heavy atom. The normalized spacial score (nSPS) is 11.1. The molecule has 4 rings (SSSR count). The molecule has 0 spiro atoms. The zero-order chi connectivity index (χ0) is 14.2. The van der Waals surface area contributed by atoms with Gasteiger partial charge in [-0.05, 0) is 30.3 Å². The fourth-order valence-electron chi connectivity index (χ4n) is 2.16. The predicted octanol–water partition coefficient (Wildman–Crippen LogP) is 3.46. The monoisotopic (exact) mass is 295 g/mol. The summed E-state index contributed by atoms with van der Waals surface area (Å²) in [6, 6.07) is 15.3. The highest BCUT2D eigenvalue weighted by Crippen LogP contribution is 2.21. The van der Waals surface area contributed by atoms with E-state index in [9.17, 15) is 0 Å². The zero-order valence-corrected chi connectivity index (χ0v) is 11.6. The molecule has 102 valence electrons. The van der Waals surface area contributed by atoms with Gasteiger partial charge in [0.1, 0.15) is 5.69 Å². The highest BCUT2D eigenvalue weighted by Gasteiger charge is 2.10. The fraction of sp³-hybridized carbons (Fsp3) is 0. The number of fused-ring (bicyclic) bond motifs is 1. The third-order valence-electron chi connectivity index (χ3n) is 3.17. The molecule has 21 heavy (non-hydrogen) atoms. The number of H-pyrrole nitrogens is 1. The number of para-hydroxylation sites is 1. The summed E-state index contributed by atoms with van der Waals surface area (Å²) < 4.78 is 0. The Balaban J connectivity index is 1.77. The van der Waals surface area contributed by atoms with Crippen LogP contribution >= 0.6 is 11.6 Å². The lowest BCUT2D eigenvalue weighted by molar-refractivity contribution is 0.753. The Bertz CT molecular complexity index is 910. The van der Waals surface area contributed by atoms with E-state index in [1.165, 1.54) is 0 Å². The first-order chi connectivity index (χ1) is 10.3. The summed E-state index contributed by atoms with van der Waals surface area (Å²) in [6.07, 6.45) is 1.69. The molecule has 2 heterocycles. The van der Waals surface area contributed by atoms with Gasteiger partial charge in [-0.25, -0.2) is 4.98 Å². The molecule has 0 radical (unpaired) electrons. The largest absolute Gasteiger partial charge is 0.336 e. The van der Waals surface area contributed by atoms with E-state index < -0.39 is 0 Å². The van der Waals surface area contributed by atoms with E-state index in [-0.39, 0.29) is 0 Å².